The minimum atomic E-state index is -0.513. The Balaban J connectivity index is 1.58. The second kappa shape index (κ2) is 6.56. The van der Waals surface area contributed by atoms with Crippen LogP contribution < -0.4 is 10.6 Å². The van der Waals surface area contributed by atoms with E-state index in [-0.39, 0.29) is 17.5 Å². The molecule has 23 heavy (non-hydrogen) atoms. The molecule has 0 unspecified atom stereocenters. The zero-order valence-corrected chi connectivity index (χ0v) is 11.9. The number of hydrogen-bond acceptors (Lipinski definition) is 6. The predicted molar refractivity (Wildman–Crippen MR) is 78.6 cm³/mol. The Kier molecular flexibility index (Phi) is 4.14. The van der Waals surface area contributed by atoms with E-state index in [0.29, 0.717) is 6.54 Å². The van der Waals surface area contributed by atoms with Crippen molar-refractivity contribution in [2.24, 2.45) is 0 Å². The summed E-state index contributed by atoms with van der Waals surface area (Å²) in [5.74, 6) is -0.809. The van der Waals surface area contributed by atoms with E-state index in [0.717, 1.165) is 5.56 Å². The molecular formula is C15H12N4O4. The molecule has 0 bridgehead atoms. The Morgan fingerprint density at radius 3 is 2.65 bits per heavy atom. The van der Waals surface area contributed by atoms with E-state index < -0.39 is 11.8 Å². The topological polar surface area (TPSA) is 110 Å². The summed E-state index contributed by atoms with van der Waals surface area (Å²) in [4.78, 5) is 31.5. The maximum absolute atomic E-state index is 12.0. The van der Waals surface area contributed by atoms with E-state index in [4.69, 9.17) is 8.83 Å². The summed E-state index contributed by atoms with van der Waals surface area (Å²) in [7, 11) is 0. The number of aromatic nitrogens is 2. The molecule has 8 heteroatoms. The molecule has 3 aromatic heterocycles. The van der Waals surface area contributed by atoms with Crippen LogP contribution in [0.4, 0.5) is 6.01 Å². The molecule has 0 atom stereocenters. The number of carbonyl (C=O) groups excluding carboxylic acids is 2. The molecule has 116 valence electrons. The lowest BCUT2D eigenvalue weighted by Crippen LogP contribution is -2.23. The fourth-order valence-corrected chi connectivity index (χ4v) is 1.78. The zero-order valence-electron chi connectivity index (χ0n) is 11.9. The summed E-state index contributed by atoms with van der Waals surface area (Å²) in [6.07, 6.45) is 5.82. The van der Waals surface area contributed by atoms with Gasteiger partial charge in [0, 0.05) is 18.9 Å². The second-order valence-electron chi connectivity index (χ2n) is 4.51. The molecule has 3 aromatic rings. The third kappa shape index (κ3) is 3.62. The summed E-state index contributed by atoms with van der Waals surface area (Å²) >= 11 is 0. The first-order chi connectivity index (χ1) is 11.2. The molecule has 2 N–H and O–H groups in total. The number of rotatable bonds is 5. The average Bonchev–Trinajstić information content (AvgIpc) is 3.25. The number of hydrogen-bond donors (Lipinski definition) is 2. The van der Waals surface area contributed by atoms with Crippen molar-refractivity contribution in [2.45, 2.75) is 6.54 Å². The standard InChI is InChI=1S/C15H12N4O4/c20-13(17-8-10-3-5-16-6-4-10)11-9-23-15(18-11)19-14(21)12-2-1-7-22-12/h1-7,9H,8H2,(H,17,20)(H,18,19,21). The highest BCUT2D eigenvalue weighted by atomic mass is 16.4. The number of carbonyl (C=O) groups is 2. The van der Waals surface area contributed by atoms with Crippen molar-refractivity contribution in [3.8, 4) is 0 Å². The molecule has 0 aliphatic carbocycles. The van der Waals surface area contributed by atoms with Crippen molar-refractivity contribution in [2.75, 3.05) is 5.32 Å². The normalized spacial score (nSPS) is 10.3. The van der Waals surface area contributed by atoms with Crippen LogP contribution in [0.2, 0.25) is 0 Å². The highest BCUT2D eigenvalue weighted by Crippen LogP contribution is 2.10. The van der Waals surface area contributed by atoms with Crippen LogP contribution in [0.25, 0.3) is 0 Å². The Morgan fingerprint density at radius 2 is 1.91 bits per heavy atom. The highest BCUT2D eigenvalue weighted by Gasteiger charge is 2.15. The van der Waals surface area contributed by atoms with Crippen LogP contribution in [0.3, 0.4) is 0 Å². The SMILES string of the molecule is O=C(NCc1ccncc1)c1coc(NC(=O)c2ccco2)n1. The molecule has 0 saturated carbocycles. The van der Waals surface area contributed by atoms with E-state index >= 15 is 0 Å². The van der Waals surface area contributed by atoms with Gasteiger partial charge in [0.1, 0.15) is 6.26 Å². The molecular weight excluding hydrogens is 300 g/mol. The maximum Gasteiger partial charge on any atom is 0.302 e. The lowest BCUT2D eigenvalue weighted by molar-refractivity contribution is 0.0944. The third-order valence-electron chi connectivity index (χ3n) is 2.90. The van der Waals surface area contributed by atoms with Crippen LogP contribution in [0.1, 0.15) is 26.6 Å². The Bertz CT molecular complexity index is 796. The van der Waals surface area contributed by atoms with Crippen LogP contribution in [0.15, 0.2) is 58.0 Å². The number of oxazole rings is 1. The van der Waals surface area contributed by atoms with Crippen molar-refractivity contribution in [1.82, 2.24) is 15.3 Å². The smallest absolute Gasteiger partial charge is 0.302 e. The number of nitrogens with one attached hydrogen (secondary N) is 2. The van der Waals surface area contributed by atoms with Crippen molar-refractivity contribution in [1.29, 1.82) is 0 Å². The van der Waals surface area contributed by atoms with E-state index in [9.17, 15) is 9.59 Å². The van der Waals surface area contributed by atoms with Gasteiger partial charge in [0.05, 0.1) is 6.26 Å². The van der Waals surface area contributed by atoms with Crippen LogP contribution >= 0.6 is 0 Å². The fraction of sp³-hybridized carbons (Fsp3) is 0.0667. The minimum absolute atomic E-state index is 0.0637. The quantitative estimate of drug-likeness (QED) is 0.744. The number of nitrogens with zero attached hydrogens (tertiary/aromatic N) is 2. The molecule has 0 aliphatic rings. The molecule has 2 amide bonds. The number of anilines is 1. The molecule has 0 saturated heterocycles. The van der Waals surface area contributed by atoms with E-state index in [1.165, 1.54) is 18.6 Å². The van der Waals surface area contributed by atoms with Crippen LogP contribution in [-0.4, -0.2) is 21.8 Å². The van der Waals surface area contributed by atoms with Gasteiger partial charge in [-0.1, -0.05) is 0 Å². The summed E-state index contributed by atoms with van der Waals surface area (Å²) in [5, 5.41) is 5.08. The summed E-state index contributed by atoms with van der Waals surface area (Å²) in [6, 6.07) is 6.58. The summed E-state index contributed by atoms with van der Waals surface area (Å²) < 4.78 is 9.99. The van der Waals surface area contributed by atoms with Gasteiger partial charge < -0.3 is 14.2 Å². The fourth-order valence-electron chi connectivity index (χ4n) is 1.78. The highest BCUT2D eigenvalue weighted by molar-refractivity contribution is 6.01. The Morgan fingerprint density at radius 1 is 1.09 bits per heavy atom. The molecule has 0 radical (unpaired) electrons. The third-order valence-corrected chi connectivity index (χ3v) is 2.90. The zero-order chi connectivity index (χ0) is 16.1. The largest absolute Gasteiger partial charge is 0.459 e. The van der Waals surface area contributed by atoms with Gasteiger partial charge in [0.25, 0.3) is 11.8 Å². The minimum Gasteiger partial charge on any atom is -0.459 e. The predicted octanol–water partition coefficient (Wildman–Crippen LogP) is 1.84. The monoisotopic (exact) mass is 312 g/mol. The molecule has 3 heterocycles. The van der Waals surface area contributed by atoms with Gasteiger partial charge >= 0.3 is 6.01 Å². The molecule has 8 nitrogen and oxygen atoms in total. The van der Waals surface area contributed by atoms with E-state index in [2.05, 4.69) is 20.6 Å². The van der Waals surface area contributed by atoms with Crippen molar-refractivity contribution >= 4 is 17.8 Å². The van der Waals surface area contributed by atoms with Gasteiger partial charge in [-0.3, -0.25) is 19.9 Å². The van der Waals surface area contributed by atoms with Crippen LogP contribution in [0.5, 0.6) is 0 Å². The molecule has 3 rings (SSSR count). The van der Waals surface area contributed by atoms with Crippen LogP contribution in [0, 0.1) is 0 Å². The molecule has 0 fully saturated rings. The van der Waals surface area contributed by atoms with Gasteiger partial charge in [-0.2, -0.15) is 4.98 Å². The molecule has 0 aliphatic heterocycles. The lowest BCUT2D eigenvalue weighted by atomic mass is 10.2. The van der Waals surface area contributed by atoms with Crippen molar-refractivity contribution in [3.63, 3.8) is 0 Å². The van der Waals surface area contributed by atoms with Crippen molar-refractivity contribution < 1.29 is 18.4 Å². The van der Waals surface area contributed by atoms with E-state index in [1.807, 2.05) is 0 Å². The number of furan rings is 1. The maximum atomic E-state index is 12.0. The lowest BCUT2D eigenvalue weighted by Gasteiger charge is -2.02. The Labute approximate surface area is 130 Å². The first-order valence-corrected chi connectivity index (χ1v) is 6.70. The molecule has 0 aromatic carbocycles. The van der Waals surface area contributed by atoms with Gasteiger partial charge in [0.15, 0.2) is 11.5 Å². The average molecular weight is 312 g/mol. The van der Waals surface area contributed by atoms with E-state index in [1.54, 1.807) is 30.6 Å². The first-order valence-electron chi connectivity index (χ1n) is 6.70. The van der Waals surface area contributed by atoms with Crippen molar-refractivity contribution in [3.05, 3.63) is 66.2 Å². The van der Waals surface area contributed by atoms with Crippen LogP contribution in [-0.2, 0) is 6.54 Å². The number of amides is 2. The van der Waals surface area contributed by atoms with Gasteiger partial charge in [-0.15, -0.1) is 0 Å². The van der Waals surface area contributed by atoms with Gasteiger partial charge in [-0.25, -0.2) is 0 Å². The first kappa shape index (κ1) is 14.5. The van der Waals surface area contributed by atoms with Gasteiger partial charge in [-0.05, 0) is 29.8 Å². The molecule has 0 spiro atoms. The Hall–Kier alpha value is -3.42. The second-order valence-corrected chi connectivity index (χ2v) is 4.51. The van der Waals surface area contributed by atoms with Gasteiger partial charge in [0.2, 0.25) is 0 Å². The summed E-state index contributed by atoms with van der Waals surface area (Å²) in [6.45, 7) is 0.336. The number of pyridine rings is 1. The summed E-state index contributed by atoms with van der Waals surface area (Å²) in [5.41, 5.74) is 0.969.